The highest BCUT2D eigenvalue weighted by molar-refractivity contribution is 5.93. The second-order valence-electron chi connectivity index (χ2n) is 7.96. The van der Waals surface area contributed by atoms with Gasteiger partial charge in [0.2, 0.25) is 11.8 Å². The van der Waals surface area contributed by atoms with Crippen LogP contribution >= 0.6 is 0 Å². The van der Waals surface area contributed by atoms with E-state index in [1.54, 1.807) is 0 Å². The Morgan fingerprint density at radius 2 is 1.46 bits per heavy atom. The van der Waals surface area contributed by atoms with Crippen molar-refractivity contribution in [1.82, 2.24) is 4.90 Å². The molecule has 5 nitrogen and oxygen atoms in total. The van der Waals surface area contributed by atoms with Gasteiger partial charge >= 0.3 is 0 Å². The van der Waals surface area contributed by atoms with Crippen molar-refractivity contribution >= 4 is 23.2 Å². The molecule has 1 N–H and O–H groups in total. The summed E-state index contributed by atoms with van der Waals surface area (Å²) < 4.78 is 0. The second-order valence-corrected chi connectivity index (χ2v) is 7.96. The predicted molar refractivity (Wildman–Crippen MR) is 103 cm³/mol. The molecule has 140 valence electrons. The van der Waals surface area contributed by atoms with E-state index in [-0.39, 0.29) is 17.7 Å². The van der Waals surface area contributed by atoms with Crippen LogP contribution in [0.2, 0.25) is 0 Å². The third-order valence-corrected chi connectivity index (χ3v) is 5.96. The summed E-state index contributed by atoms with van der Waals surface area (Å²) in [4.78, 5) is 29.0. The number of anilines is 2. The Hall–Kier alpha value is -2.04. The molecular formula is C21H29N3O2. The highest BCUT2D eigenvalue weighted by atomic mass is 16.2. The van der Waals surface area contributed by atoms with Crippen molar-refractivity contribution in [2.45, 2.75) is 44.9 Å². The van der Waals surface area contributed by atoms with E-state index >= 15 is 0 Å². The first-order valence-electron chi connectivity index (χ1n) is 10.2. The lowest BCUT2D eigenvalue weighted by Gasteiger charge is -2.31. The van der Waals surface area contributed by atoms with Crippen molar-refractivity contribution in [2.75, 3.05) is 36.4 Å². The van der Waals surface area contributed by atoms with Crippen molar-refractivity contribution in [3.63, 3.8) is 0 Å². The highest BCUT2D eigenvalue weighted by Crippen LogP contribution is 2.32. The lowest BCUT2D eigenvalue weighted by molar-refractivity contribution is -0.135. The smallest absolute Gasteiger partial charge is 0.227 e. The van der Waals surface area contributed by atoms with Gasteiger partial charge in [-0.25, -0.2) is 0 Å². The average molecular weight is 355 g/mol. The van der Waals surface area contributed by atoms with Gasteiger partial charge in [0.25, 0.3) is 0 Å². The molecule has 3 fully saturated rings. The molecule has 2 saturated heterocycles. The molecule has 0 atom stereocenters. The number of nitrogens with zero attached hydrogens (tertiary/aromatic N) is 2. The number of carbonyl (C=O) groups excluding carboxylic acids is 2. The highest BCUT2D eigenvalue weighted by Gasteiger charge is 2.35. The molecule has 0 bridgehead atoms. The fourth-order valence-electron chi connectivity index (χ4n) is 4.10. The van der Waals surface area contributed by atoms with Crippen molar-refractivity contribution in [3.05, 3.63) is 24.3 Å². The van der Waals surface area contributed by atoms with Crippen LogP contribution in [0.4, 0.5) is 11.4 Å². The molecule has 1 aliphatic carbocycles. The first-order valence-corrected chi connectivity index (χ1v) is 10.2. The van der Waals surface area contributed by atoms with Gasteiger partial charge in [0.15, 0.2) is 0 Å². The second kappa shape index (κ2) is 7.68. The standard InChI is InChI=1S/C21H29N3O2/c25-20(16-10-14-24(15-11-16)21(26)17-4-5-17)22-18-6-8-19(9-7-18)23-12-2-1-3-13-23/h6-9,16-17H,1-5,10-15H2,(H,22,25). The summed E-state index contributed by atoms with van der Waals surface area (Å²) in [5.74, 6) is 0.685. The quantitative estimate of drug-likeness (QED) is 0.902. The van der Waals surface area contributed by atoms with E-state index in [1.165, 1.54) is 24.9 Å². The van der Waals surface area contributed by atoms with Gasteiger partial charge in [-0.3, -0.25) is 9.59 Å². The molecule has 2 amide bonds. The summed E-state index contributed by atoms with van der Waals surface area (Å²) in [6.07, 6.45) is 7.50. The van der Waals surface area contributed by atoms with E-state index < -0.39 is 0 Å². The number of hydrogen-bond donors (Lipinski definition) is 1. The number of amides is 2. The minimum Gasteiger partial charge on any atom is -0.372 e. The van der Waals surface area contributed by atoms with Gasteiger partial charge in [0, 0.05) is 49.4 Å². The topological polar surface area (TPSA) is 52.7 Å². The summed E-state index contributed by atoms with van der Waals surface area (Å²) in [6.45, 7) is 3.70. The van der Waals surface area contributed by atoms with Gasteiger partial charge < -0.3 is 15.1 Å². The fourth-order valence-corrected chi connectivity index (χ4v) is 4.10. The molecule has 5 heteroatoms. The Bertz CT molecular complexity index is 640. The molecule has 1 aromatic rings. The Kier molecular flexibility index (Phi) is 5.14. The van der Waals surface area contributed by atoms with Crippen LogP contribution in [0.1, 0.15) is 44.9 Å². The number of nitrogens with one attached hydrogen (secondary N) is 1. The van der Waals surface area contributed by atoms with Crippen molar-refractivity contribution in [2.24, 2.45) is 11.8 Å². The predicted octanol–water partition coefficient (Wildman–Crippen LogP) is 3.26. The molecule has 2 heterocycles. The Balaban J connectivity index is 1.27. The van der Waals surface area contributed by atoms with Crippen LogP contribution < -0.4 is 10.2 Å². The van der Waals surface area contributed by atoms with E-state index in [1.807, 2.05) is 17.0 Å². The zero-order chi connectivity index (χ0) is 17.9. The maximum atomic E-state index is 12.6. The Labute approximate surface area is 155 Å². The van der Waals surface area contributed by atoms with Crippen LogP contribution in [-0.4, -0.2) is 42.9 Å². The van der Waals surface area contributed by atoms with Crippen LogP contribution in [0.5, 0.6) is 0 Å². The average Bonchev–Trinajstić information content (AvgIpc) is 3.54. The lowest BCUT2D eigenvalue weighted by Crippen LogP contribution is -2.42. The summed E-state index contributed by atoms with van der Waals surface area (Å²) in [5, 5.41) is 3.06. The van der Waals surface area contributed by atoms with Crippen LogP contribution in [0.15, 0.2) is 24.3 Å². The molecule has 1 saturated carbocycles. The largest absolute Gasteiger partial charge is 0.372 e. The molecule has 2 aliphatic heterocycles. The molecule has 0 aromatic heterocycles. The first-order chi connectivity index (χ1) is 12.7. The van der Waals surface area contributed by atoms with E-state index in [0.717, 1.165) is 57.5 Å². The van der Waals surface area contributed by atoms with Crippen LogP contribution in [0.3, 0.4) is 0 Å². The van der Waals surface area contributed by atoms with Gasteiger partial charge in [-0.1, -0.05) is 0 Å². The molecule has 3 aliphatic rings. The van der Waals surface area contributed by atoms with Crippen molar-refractivity contribution < 1.29 is 9.59 Å². The number of carbonyl (C=O) groups is 2. The molecule has 26 heavy (non-hydrogen) atoms. The van der Waals surface area contributed by atoms with Crippen molar-refractivity contribution in [1.29, 1.82) is 0 Å². The zero-order valence-electron chi connectivity index (χ0n) is 15.5. The van der Waals surface area contributed by atoms with Gasteiger partial charge in [-0.2, -0.15) is 0 Å². The van der Waals surface area contributed by atoms with Gasteiger partial charge in [0.05, 0.1) is 0 Å². The maximum absolute atomic E-state index is 12.6. The minimum absolute atomic E-state index is 0.0139. The number of hydrogen-bond acceptors (Lipinski definition) is 3. The Morgan fingerprint density at radius 1 is 0.808 bits per heavy atom. The third-order valence-electron chi connectivity index (χ3n) is 5.96. The minimum atomic E-state index is 0.0139. The molecule has 1 aromatic carbocycles. The zero-order valence-corrected chi connectivity index (χ0v) is 15.5. The summed E-state index contributed by atoms with van der Waals surface area (Å²) >= 11 is 0. The third kappa shape index (κ3) is 4.02. The Morgan fingerprint density at radius 3 is 2.08 bits per heavy atom. The van der Waals surface area contributed by atoms with Gasteiger partial charge in [0.1, 0.15) is 0 Å². The van der Waals surface area contributed by atoms with Crippen LogP contribution in [0.25, 0.3) is 0 Å². The van der Waals surface area contributed by atoms with E-state index in [2.05, 4.69) is 22.3 Å². The normalized spacial score (nSPS) is 21.5. The van der Waals surface area contributed by atoms with Crippen LogP contribution in [-0.2, 0) is 9.59 Å². The molecule has 0 radical (unpaired) electrons. The SMILES string of the molecule is O=C(Nc1ccc(N2CCCCC2)cc1)C1CCN(C(=O)C2CC2)CC1. The van der Waals surface area contributed by atoms with E-state index in [0.29, 0.717) is 5.91 Å². The first kappa shape index (κ1) is 17.4. The van der Waals surface area contributed by atoms with Crippen LogP contribution in [0, 0.1) is 11.8 Å². The van der Waals surface area contributed by atoms with E-state index in [4.69, 9.17) is 0 Å². The van der Waals surface area contributed by atoms with E-state index in [9.17, 15) is 9.59 Å². The molecule has 4 rings (SSSR count). The monoisotopic (exact) mass is 355 g/mol. The number of likely N-dealkylation sites (tertiary alicyclic amines) is 1. The summed E-state index contributed by atoms with van der Waals surface area (Å²) in [6, 6.07) is 8.23. The van der Waals surface area contributed by atoms with Crippen molar-refractivity contribution in [3.8, 4) is 0 Å². The number of piperidine rings is 2. The number of benzene rings is 1. The van der Waals surface area contributed by atoms with Gasteiger partial charge in [-0.05, 0) is 69.2 Å². The lowest BCUT2D eigenvalue weighted by atomic mass is 9.95. The summed E-state index contributed by atoms with van der Waals surface area (Å²) in [5.41, 5.74) is 2.11. The molecular weight excluding hydrogens is 326 g/mol. The molecule has 0 spiro atoms. The number of rotatable bonds is 4. The van der Waals surface area contributed by atoms with Gasteiger partial charge in [-0.15, -0.1) is 0 Å². The maximum Gasteiger partial charge on any atom is 0.227 e. The fraction of sp³-hybridized carbons (Fsp3) is 0.619. The summed E-state index contributed by atoms with van der Waals surface area (Å²) in [7, 11) is 0. The molecule has 0 unspecified atom stereocenters.